The standard InChI is InChI=1S/C19H22N4/c1-12(2)18-19(23-7-6-13(3)11-17(23)20-18)22-21-16-9-14(4)8-15(5)10-16/h6-12H,1-5H3. The fourth-order valence-electron chi connectivity index (χ4n) is 2.75. The minimum Gasteiger partial charge on any atom is -0.283 e. The third-order valence-corrected chi connectivity index (χ3v) is 3.80. The summed E-state index contributed by atoms with van der Waals surface area (Å²) in [6.45, 7) is 10.5. The van der Waals surface area contributed by atoms with Crippen molar-refractivity contribution in [3.8, 4) is 0 Å². The van der Waals surface area contributed by atoms with Crippen LogP contribution in [0.4, 0.5) is 11.5 Å². The van der Waals surface area contributed by atoms with E-state index < -0.39 is 0 Å². The molecule has 3 aromatic rings. The van der Waals surface area contributed by atoms with Crippen molar-refractivity contribution in [2.45, 2.75) is 40.5 Å². The van der Waals surface area contributed by atoms with Crippen LogP contribution in [0.5, 0.6) is 0 Å². The van der Waals surface area contributed by atoms with Gasteiger partial charge in [0.05, 0.1) is 11.4 Å². The lowest BCUT2D eigenvalue weighted by Gasteiger charge is -2.02. The van der Waals surface area contributed by atoms with Crippen molar-refractivity contribution < 1.29 is 0 Å². The van der Waals surface area contributed by atoms with E-state index in [1.165, 1.54) is 16.7 Å². The van der Waals surface area contributed by atoms with Gasteiger partial charge in [0.25, 0.3) is 0 Å². The van der Waals surface area contributed by atoms with Crippen LogP contribution >= 0.6 is 0 Å². The molecule has 0 aliphatic heterocycles. The maximum Gasteiger partial charge on any atom is 0.183 e. The van der Waals surface area contributed by atoms with Gasteiger partial charge in [-0.2, -0.15) is 0 Å². The van der Waals surface area contributed by atoms with Gasteiger partial charge in [0, 0.05) is 6.20 Å². The van der Waals surface area contributed by atoms with Crippen LogP contribution in [0, 0.1) is 20.8 Å². The first kappa shape index (κ1) is 15.4. The van der Waals surface area contributed by atoms with Crippen molar-refractivity contribution in [2.24, 2.45) is 10.2 Å². The largest absolute Gasteiger partial charge is 0.283 e. The lowest BCUT2D eigenvalue weighted by molar-refractivity contribution is 0.831. The van der Waals surface area contributed by atoms with E-state index >= 15 is 0 Å². The number of rotatable bonds is 3. The number of benzene rings is 1. The monoisotopic (exact) mass is 306 g/mol. The summed E-state index contributed by atoms with van der Waals surface area (Å²) >= 11 is 0. The zero-order chi connectivity index (χ0) is 16.6. The van der Waals surface area contributed by atoms with Crippen LogP contribution in [0.15, 0.2) is 46.8 Å². The minimum absolute atomic E-state index is 0.295. The van der Waals surface area contributed by atoms with Crippen LogP contribution < -0.4 is 0 Å². The van der Waals surface area contributed by atoms with Crippen molar-refractivity contribution in [3.63, 3.8) is 0 Å². The molecule has 0 spiro atoms. The van der Waals surface area contributed by atoms with Crippen LogP contribution in [0.2, 0.25) is 0 Å². The van der Waals surface area contributed by atoms with Crippen LogP contribution in [0.1, 0.15) is 42.1 Å². The summed E-state index contributed by atoms with van der Waals surface area (Å²) in [6, 6.07) is 10.4. The van der Waals surface area contributed by atoms with Gasteiger partial charge in [-0.1, -0.05) is 19.9 Å². The van der Waals surface area contributed by atoms with Crippen molar-refractivity contribution in [2.75, 3.05) is 0 Å². The van der Waals surface area contributed by atoms with Gasteiger partial charge in [-0.15, -0.1) is 10.2 Å². The van der Waals surface area contributed by atoms with E-state index in [0.717, 1.165) is 22.8 Å². The summed E-state index contributed by atoms with van der Waals surface area (Å²) in [4.78, 5) is 4.73. The predicted molar refractivity (Wildman–Crippen MR) is 94.1 cm³/mol. The molecule has 0 radical (unpaired) electrons. The number of aryl methyl sites for hydroxylation is 3. The van der Waals surface area contributed by atoms with Gasteiger partial charge in [-0.25, -0.2) is 4.98 Å². The highest BCUT2D eigenvalue weighted by Gasteiger charge is 2.15. The summed E-state index contributed by atoms with van der Waals surface area (Å²) in [5, 5.41) is 8.97. The zero-order valence-electron chi connectivity index (χ0n) is 14.3. The third kappa shape index (κ3) is 3.16. The molecule has 118 valence electrons. The first-order chi connectivity index (χ1) is 10.9. The molecule has 0 aliphatic carbocycles. The maximum atomic E-state index is 4.73. The highest BCUT2D eigenvalue weighted by atomic mass is 15.2. The summed E-state index contributed by atoms with van der Waals surface area (Å²) in [7, 11) is 0. The Morgan fingerprint density at radius 1 is 0.913 bits per heavy atom. The lowest BCUT2D eigenvalue weighted by Crippen LogP contribution is -1.87. The number of fused-ring (bicyclic) bond motifs is 1. The normalized spacial score (nSPS) is 11.9. The van der Waals surface area contributed by atoms with E-state index in [0.29, 0.717) is 5.92 Å². The van der Waals surface area contributed by atoms with Crippen molar-refractivity contribution in [1.29, 1.82) is 0 Å². The number of imidazole rings is 1. The summed E-state index contributed by atoms with van der Waals surface area (Å²) in [6.07, 6.45) is 2.01. The van der Waals surface area contributed by atoms with Gasteiger partial charge in [-0.3, -0.25) is 4.40 Å². The second-order valence-corrected chi connectivity index (χ2v) is 6.45. The molecule has 0 fully saturated rings. The number of pyridine rings is 1. The first-order valence-electron chi connectivity index (χ1n) is 7.92. The molecule has 2 heterocycles. The van der Waals surface area contributed by atoms with Crippen LogP contribution in [-0.4, -0.2) is 9.38 Å². The zero-order valence-corrected chi connectivity index (χ0v) is 14.3. The highest BCUT2D eigenvalue weighted by molar-refractivity contribution is 5.54. The Bertz CT molecular complexity index is 868. The van der Waals surface area contributed by atoms with E-state index in [2.05, 4.69) is 63.0 Å². The molecule has 4 heteroatoms. The fraction of sp³-hybridized carbons (Fsp3) is 0.316. The Morgan fingerprint density at radius 3 is 2.26 bits per heavy atom. The second kappa shape index (κ2) is 5.95. The molecule has 0 saturated carbocycles. The Hall–Kier alpha value is -2.49. The molecule has 4 nitrogen and oxygen atoms in total. The van der Waals surface area contributed by atoms with Crippen LogP contribution in [0.3, 0.4) is 0 Å². The van der Waals surface area contributed by atoms with Gasteiger partial charge >= 0.3 is 0 Å². The average Bonchev–Trinajstić information content (AvgIpc) is 2.82. The first-order valence-corrected chi connectivity index (χ1v) is 7.92. The summed E-state index contributed by atoms with van der Waals surface area (Å²) in [5.41, 5.74) is 6.34. The molecule has 0 unspecified atom stereocenters. The minimum atomic E-state index is 0.295. The summed E-state index contributed by atoms with van der Waals surface area (Å²) in [5.74, 6) is 1.11. The topological polar surface area (TPSA) is 42.0 Å². The smallest absolute Gasteiger partial charge is 0.183 e. The van der Waals surface area contributed by atoms with Crippen molar-refractivity contribution >= 4 is 17.2 Å². The molecule has 0 amide bonds. The maximum absolute atomic E-state index is 4.73. The lowest BCUT2D eigenvalue weighted by atomic mass is 10.1. The molecular weight excluding hydrogens is 284 g/mol. The Kier molecular flexibility index (Phi) is 3.99. The van der Waals surface area contributed by atoms with Crippen molar-refractivity contribution in [1.82, 2.24) is 9.38 Å². The molecule has 0 aliphatic rings. The molecular formula is C19H22N4. The fourth-order valence-corrected chi connectivity index (χ4v) is 2.75. The van der Waals surface area contributed by atoms with Gasteiger partial charge < -0.3 is 0 Å². The molecule has 0 saturated heterocycles. The van der Waals surface area contributed by atoms with E-state index in [1.54, 1.807) is 0 Å². The van der Waals surface area contributed by atoms with Gasteiger partial charge in [-0.05, 0) is 67.6 Å². The van der Waals surface area contributed by atoms with Gasteiger partial charge in [0.2, 0.25) is 0 Å². The number of aromatic nitrogens is 2. The Balaban J connectivity index is 2.11. The predicted octanol–water partition coefficient (Wildman–Crippen LogP) is 5.80. The number of hydrogen-bond acceptors (Lipinski definition) is 3. The molecule has 2 aromatic heterocycles. The summed E-state index contributed by atoms with van der Waals surface area (Å²) < 4.78 is 2.01. The molecule has 1 aromatic carbocycles. The molecule has 23 heavy (non-hydrogen) atoms. The van der Waals surface area contributed by atoms with E-state index in [-0.39, 0.29) is 0 Å². The van der Waals surface area contributed by atoms with Gasteiger partial charge in [0.15, 0.2) is 5.82 Å². The highest BCUT2D eigenvalue weighted by Crippen LogP contribution is 2.30. The number of hydrogen-bond donors (Lipinski definition) is 0. The van der Waals surface area contributed by atoms with E-state index in [4.69, 9.17) is 4.98 Å². The van der Waals surface area contributed by atoms with Crippen molar-refractivity contribution in [3.05, 3.63) is 58.9 Å². The average molecular weight is 306 g/mol. The van der Waals surface area contributed by atoms with Gasteiger partial charge in [0.1, 0.15) is 5.65 Å². The van der Waals surface area contributed by atoms with Crippen LogP contribution in [-0.2, 0) is 0 Å². The number of nitrogens with zero attached hydrogens (tertiary/aromatic N) is 4. The molecule has 0 atom stereocenters. The Morgan fingerprint density at radius 2 is 1.61 bits per heavy atom. The quantitative estimate of drug-likeness (QED) is 0.564. The van der Waals surface area contributed by atoms with Crippen LogP contribution in [0.25, 0.3) is 5.65 Å². The van der Waals surface area contributed by atoms with E-state index in [1.807, 2.05) is 22.7 Å². The molecule has 0 bridgehead atoms. The second-order valence-electron chi connectivity index (χ2n) is 6.45. The third-order valence-electron chi connectivity index (χ3n) is 3.80. The van der Waals surface area contributed by atoms with E-state index in [9.17, 15) is 0 Å². The SMILES string of the molecule is Cc1cc(C)cc(N=Nc2c(C(C)C)nc3cc(C)ccn23)c1. The molecule has 3 rings (SSSR count). The molecule has 0 N–H and O–H groups in total. The Labute approximate surface area is 136 Å². The number of azo groups is 1.